The zero-order valence-electron chi connectivity index (χ0n) is 15.6. The number of carbonyl (C=O) groups excluding carboxylic acids is 1. The maximum Gasteiger partial charge on any atom is 0.243 e. The highest BCUT2D eigenvalue weighted by Gasteiger charge is 2.05. The summed E-state index contributed by atoms with van der Waals surface area (Å²) in [6.45, 7) is 1.32. The van der Waals surface area contributed by atoms with Gasteiger partial charge >= 0.3 is 0 Å². The highest BCUT2D eigenvalue weighted by Crippen LogP contribution is 2.03. The van der Waals surface area contributed by atoms with Crippen LogP contribution in [-0.4, -0.2) is 50.5 Å². The van der Waals surface area contributed by atoms with Crippen LogP contribution in [0.2, 0.25) is 0 Å². The normalized spacial score (nSPS) is 10.9. The molecule has 27 heavy (non-hydrogen) atoms. The summed E-state index contributed by atoms with van der Waals surface area (Å²) >= 11 is 0. The molecule has 0 bridgehead atoms. The van der Waals surface area contributed by atoms with Crippen molar-refractivity contribution < 1.29 is 13.6 Å². The Hall–Kier alpha value is -2.10. The Bertz CT molecular complexity index is 703. The number of aliphatic imine (C=N–C) groups is 1. The van der Waals surface area contributed by atoms with Gasteiger partial charge in [0.25, 0.3) is 0 Å². The van der Waals surface area contributed by atoms with E-state index in [9.17, 15) is 9.18 Å². The second-order valence-corrected chi connectivity index (χ2v) is 6.01. The van der Waals surface area contributed by atoms with Crippen LogP contribution in [0.1, 0.15) is 11.3 Å². The van der Waals surface area contributed by atoms with Gasteiger partial charge in [-0.15, -0.1) is 24.0 Å². The number of hydrogen-bond donors (Lipinski definition) is 2. The van der Waals surface area contributed by atoms with Gasteiger partial charge in [-0.3, -0.25) is 4.79 Å². The van der Waals surface area contributed by atoms with Gasteiger partial charge in [0.05, 0.1) is 6.26 Å². The summed E-state index contributed by atoms with van der Waals surface area (Å²) < 4.78 is 18.2. The fraction of sp³-hybridized carbons (Fsp3) is 0.368. The van der Waals surface area contributed by atoms with Gasteiger partial charge in [-0.2, -0.15) is 0 Å². The van der Waals surface area contributed by atoms with Crippen LogP contribution in [0.4, 0.5) is 4.39 Å². The lowest BCUT2D eigenvalue weighted by atomic mass is 10.1. The third kappa shape index (κ3) is 8.89. The van der Waals surface area contributed by atoms with Crippen molar-refractivity contribution in [1.29, 1.82) is 0 Å². The van der Waals surface area contributed by atoms with Crippen molar-refractivity contribution in [3.63, 3.8) is 0 Å². The Labute approximate surface area is 176 Å². The molecule has 0 unspecified atom stereocenters. The average Bonchev–Trinajstić information content (AvgIpc) is 3.14. The van der Waals surface area contributed by atoms with Crippen LogP contribution in [0.15, 0.2) is 52.1 Å². The zero-order chi connectivity index (χ0) is 18.8. The second-order valence-electron chi connectivity index (χ2n) is 6.01. The van der Waals surface area contributed by atoms with E-state index in [1.54, 1.807) is 32.5 Å². The van der Waals surface area contributed by atoms with Crippen LogP contribution >= 0.6 is 24.0 Å². The van der Waals surface area contributed by atoms with E-state index >= 15 is 0 Å². The fourth-order valence-corrected chi connectivity index (χ4v) is 2.20. The molecule has 6 nitrogen and oxygen atoms in total. The topological polar surface area (TPSA) is 69.9 Å². The summed E-state index contributed by atoms with van der Waals surface area (Å²) in [6.07, 6.45) is 3.08. The standard InChI is InChI=1S/C19H25FN4O2.HI/c1-24(2)18(25)14-23-19(22-12-10-17-4-3-13-26-17)21-11-9-15-5-7-16(20)8-6-15;/h3-8,13H,9-12,14H2,1-2H3,(H2,21,22,23);1H. The molecule has 0 spiro atoms. The smallest absolute Gasteiger partial charge is 0.243 e. The lowest BCUT2D eigenvalue weighted by Crippen LogP contribution is -2.40. The van der Waals surface area contributed by atoms with E-state index < -0.39 is 0 Å². The van der Waals surface area contributed by atoms with Gasteiger partial charge in [-0.25, -0.2) is 9.38 Å². The number of rotatable bonds is 8. The van der Waals surface area contributed by atoms with Gasteiger partial charge in [-0.1, -0.05) is 12.1 Å². The van der Waals surface area contributed by atoms with E-state index in [1.807, 2.05) is 12.1 Å². The Balaban J connectivity index is 0.00000364. The van der Waals surface area contributed by atoms with Crippen molar-refractivity contribution in [3.05, 3.63) is 59.8 Å². The third-order valence-electron chi connectivity index (χ3n) is 3.73. The molecule has 148 valence electrons. The van der Waals surface area contributed by atoms with Crippen molar-refractivity contribution in [1.82, 2.24) is 15.5 Å². The molecule has 0 saturated heterocycles. The van der Waals surface area contributed by atoms with Gasteiger partial charge < -0.3 is 20.0 Å². The second kappa shape index (κ2) is 12.3. The molecule has 0 aliphatic carbocycles. The van der Waals surface area contributed by atoms with Crippen LogP contribution in [0.25, 0.3) is 0 Å². The molecule has 1 heterocycles. The molecule has 8 heteroatoms. The molecule has 0 saturated carbocycles. The minimum Gasteiger partial charge on any atom is -0.469 e. The van der Waals surface area contributed by atoms with Crippen molar-refractivity contribution in [3.8, 4) is 0 Å². The van der Waals surface area contributed by atoms with Gasteiger partial charge in [0, 0.05) is 33.6 Å². The number of halogens is 2. The van der Waals surface area contributed by atoms with Crippen LogP contribution in [0, 0.1) is 5.82 Å². The monoisotopic (exact) mass is 488 g/mol. The number of nitrogens with one attached hydrogen (secondary N) is 2. The predicted octanol–water partition coefficient (Wildman–Crippen LogP) is 2.45. The largest absolute Gasteiger partial charge is 0.469 e. The summed E-state index contributed by atoms with van der Waals surface area (Å²) in [6, 6.07) is 10.2. The number of amides is 1. The van der Waals surface area contributed by atoms with E-state index in [-0.39, 0.29) is 42.2 Å². The maximum absolute atomic E-state index is 12.9. The molecule has 0 fully saturated rings. The first-order valence-electron chi connectivity index (χ1n) is 8.54. The number of guanidine groups is 1. The first-order valence-corrected chi connectivity index (χ1v) is 8.54. The summed E-state index contributed by atoms with van der Waals surface area (Å²) in [5, 5.41) is 6.40. The van der Waals surface area contributed by atoms with Crippen LogP contribution in [0.3, 0.4) is 0 Å². The lowest BCUT2D eigenvalue weighted by Gasteiger charge is -2.13. The van der Waals surface area contributed by atoms with Crippen molar-refractivity contribution in [2.75, 3.05) is 33.7 Å². The maximum atomic E-state index is 12.9. The first-order chi connectivity index (χ1) is 12.5. The predicted molar refractivity (Wildman–Crippen MR) is 115 cm³/mol. The molecular formula is C19H26FIN4O2. The van der Waals surface area contributed by atoms with Gasteiger partial charge in [0.1, 0.15) is 18.1 Å². The molecule has 2 N–H and O–H groups in total. The summed E-state index contributed by atoms with van der Waals surface area (Å²) in [4.78, 5) is 17.6. The van der Waals surface area contributed by atoms with Gasteiger partial charge in [-0.05, 0) is 36.2 Å². The average molecular weight is 488 g/mol. The fourth-order valence-electron chi connectivity index (χ4n) is 2.20. The first kappa shape index (κ1) is 22.9. The zero-order valence-corrected chi connectivity index (χ0v) is 17.9. The van der Waals surface area contributed by atoms with E-state index in [0.717, 1.165) is 17.7 Å². The Morgan fingerprint density at radius 2 is 1.78 bits per heavy atom. The number of benzene rings is 1. The molecule has 0 aliphatic heterocycles. The minimum absolute atomic E-state index is 0. The van der Waals surface area contributed by atoms with Gasteiger partial charge in [0.2, 0.25) is 5.91 Å². The summed E-state index contributed by atoms with van der Waals surface area (Å²) in [7, 11) is 3.40. The summed E-state index contributed by atoms with van der Waals surface area (Å²) in [5.41, 5.74) is 1.03. The van der Waals surface area contributed by atoms with Crippen LogP contribution < -0.4 is 10.6 Å². The molecule has 0 atom stereocenters. The number of likely N-dealkylation sites (N-methyl/N-ethyl adjacent to an activating group) is 1. The molecule has 0 aliphatic rings. The Morgan fingerprint density at radius 3 is 2.37 bits per heavy atom. The number of hydrogen-bond acceptors (Lipinski definition) is 3. The molecule has 2 aromatic rings. The van der Waals surface area contributed by atoms with E-state index in [0.29, 0.717) is 25.5 Å². The van der Waals surface area contributed by atoms with Crippen molar-refractivity contribution in [2.24, 2.45) is 4.99 Å². The van der Waals surface area contributed by atoms with Crippen molar-refractivity contribution >= 4 is 35.8 Å². The van der Waals surface area contributed by atoms with E-state index in [2.05, 4.69) is 15.6 Å². The SMILES string of the molecule is CN(C)C(=O)CN=C(NCCc1ccc(F)cc1)NCCc1ccco1.I. The van der Waals surface area contributed by atoms with Crippen molar-refractivity contribution in [2.45, 2.75) is 12.8 Å². The molecule has 1 aromatic carbocycles. The molecule has 0 radical (unpaired) electrons. The molecule has 1 aromatic heterocycles. The highest BCUT2D eigenvalue weighted by atomic mass is 127. The molecule has 2 rings (SSSR count). The molecule has 1 amide bonds. The molecular weight excluding hydrogens is 462 g/mol. The number of nitrogens with zero attached hydrogens (tertiary/aromatic N) is 2. The minimum atomic E-state index is -0.245. The van der Waals surface area contributed by atoms with Crippen LogP contribution in [0.5, 0.6) is 0 Å². The number of furan rings is 1. The number of carbonyl (C=O) groups is 1. The van der Waals surface area contributed by atoms with Gasteiger partial charge in [0.15, 0.2) is 5.96 Å². The van der Waals surface area contributed by atoms with E-state index in [4.69, 9.17) is 4.42 Å². The lowest BCUT2D eigenvalue weighted by molar-refractivity contribution is -0.127. The van der Waals surface area contributed by atoms with Crippen LogP contribution in [-0.2, 0) is 17.6 Å². The quantitative estimate of drug-likeness (QED) is 0.341. The summed E-state index contributed by atoms with van der Waals surface area (Å²) in [5.74, 6) is 1.13. The third-order valence-corrected chi connectivity index (χ3v) is 3.73. The highest BCUT2D eigenvalue weighted by molar-refractivity contribution is 14.0. The Morgan fingerprint density at radius 1 is 1.11 bits per heavy atom. The Kier molecular flexibility index (Phi) is 10.5. The van der Waals surface area contributed by atoms with E-state index in [1.165, 1.54) is 17.0 Å².